The van der Waals surface area contributed by atoms with Gasteiger partial charge in [0, 0.05) is 15.5 Å². The van der Waals surface area contributed by atoms with Gasteiger partial charge in [0.25, 0.3) is 0 Å². The first-order valence-corrected chi connectivity index (χ1v) is 10.7. The van der Waals surface area contributed by atoms with Crippen LogP contribution in [0, 0.1) is 5.92 Å². The van der Waals surface area contributed by atoms with Crippen LogP contribution in [0.3, 0.4) is 0 Å². The fourth-order valence-electron chi connectivity index (χ4n) is 3.79. The van der Waals surface area contributed by atoms with E-state index in [1.807, 2.05) is 24.3 Å². The highest BCUT2D eigenvalue weighted by Crippen LogP contribution is 2.42. The van der Waals surface area contributed by atoms with Gasteiger partial charge in [0.15, 0.2) is 11.5 Å². The molecular weight excluding hydrogens is 490 g/mol. The van der Waals surface area contributed by atoms with Gasteiger partial charge in [0.1, 0.15) is 0 Å². The van der Waals surface area contributed by atoms with Gasteiger partial charge in [-0.15, -0.1) is 0 Å². The average molecular weight is 513 g/mol. The van der Waals surface area contributed by atoms with E-state index in [4.69, 9.17) is 9.47 Å². The number of hydrogen-bond acceptors (Lipinski definition) is 4. The summed E-state index contributed by atoms with van der Waals surface area (Å²) in [5.41, 5.74) is 2.11. The van der Waals surface area contributed by atoms with Crippen LogP contribution in [-0.2, 0) is 4.79 Å². The highest BCUT2D eigenvalue weighted by Gasteiger charge is 2.32. The minimum Gasteiger partial charge on any atom is -0.493 e. The number of likely N-dealkylation sites (tertiary alicyclic amines) is 1. The van der Waals surface area contributed by atoms with Crippen molar-refractivity contribution in [1.29, 1.82) is 0 Å². The number of benzene rings is 2. The zero-order valence-electron chi connectivity index (χ0n) is 15.8. The number of rotatable bonds is 6. The number of carbonyl (C=O) groups is 1. The van der Waals surface area contributed by atoms with Gasteiger partial charge in [-0.1, -0.05) is 44.0 Å². The Morgan fingerprint density at radius 3 is 2.54 bits per heavy atom. The summed E-state index contributed by atoms with van der Waals surface area (Å²) in [6, 6.07) is 11.9. The van der Waals surface area contributed by atoms with Crippen molar-refractivity contribution in [3.8, 4) is 11.5 Å². The van der Waals surface area contributed by atoms with Gasteiger partial charge >= 0.3 is 5.97 Å². The summed E-state index contributed by atoms with van der Waals surface area (Å²) in [4.78, 5) is 13.9. The van der Waals surface area contributed by atoms with Gasteiger partial charge in [0.2, 0.25) is 0 Å². The number of ether oxygens (including phenoxy) is 2. The molecular formula is C21H23Br2NO4. The number of nitrogens with zero attached hydrogens (tertiary/aromatic N) is 1. The number of halogens is 2. The van der Waals surface area contributed by atoms with E-state index < -0.39 is 5.97 Å². The number of carboxylic acids is 1. The van der Waals surface area contributed by atoms with E-state index >= 15 is 0 Å². The standard InChI is InChI=1S/C21H23Br2NO4/c1-27-18-10-16(17(23)11-19(18)28-2)20(13-5-3-7-15(22)9-13)24-8-4-6-14(12-24)21(25)26/h3,5,7,9-11,14,20H,4,6,8,12H2,1-2H3,(H,25,26). The van der Waals surface area contributed by atoms with Crippen LogP contribution in [-0.4, -0.2) is 43.3 Å². The van der Waals surface area contributed by atoms with Crippen LogP contribution in [0.5, 0.6) is 11.5 Å². The van der Waals surface area contributed by atoms with Gasteiger partial charge < -0.3 is 14.6 Å². The van der Waals surface area contributed by atoms with E-state index in [0.717, 1.165) is 33.0 Å². The van der Waals surface area contributed by atoms with Crippen LogP contribution in [0.1, 0.15) is 30.0 Å². The lowest BCUT2D eigenvalue weighted by Gasteiger charge is -2.38. The van der Waals surface area contributed by atoms with Crippen molar-refractivity contribution in [2.24, 2.45) is 5.92 Å². The lowest BCUT2D eigenvalue weighted by atomic mass is 9.91. The molecule has 0 saturated carbocycles. The van der Waals surface area contributed by atoms with Gasteiger partial charge in [-0.25, -0.2) is 0 Å². The molecule has 0 aliphatic carbocycles. The Kier molecular flexibility index (Phi) is 7.01. The first kappa shape index (κ1) is 21.1. The van der Waals surface area contributed by atoms with E-state index in [1.165, 1.54) is 0 Å². The molecule has 28 heavy (non-hydrogen) atoms. The van der Waals surface area contributed by atoms with E-state index in [2.05, 4.69) is 48.9 Å². The zero-order valence-corrected chi connectivity index (χ0v) is 19.0. The number of aliphatic carboxylic acids is 1. The van der Waals surface area contributed by atoms with Gasteiger partial charge in [-0.3, -0.25) is 9.69 Å². The third kappa shape index (κ3) is 4.53. The SMILES string of the molecule is COc1cc(Br)c(C(c2cccc(Br)c2)N2CCCC(C(=O)O)C2)cc1OC. The van der Waals surface area contributed by atoms with Gasteiger partial charge in [-0.05, 0) is 54.8 Å². The van der Waals surface area contributed by atoms with Crippen molar-refractivity contribution >= 4 is 37.8 Å². The first-order valence-electron chi connectivity index (χ1n) is 9.08. The van der Waals surface area contributed by atoms with Crippen LogP contribution in [0.4, 0.5) is 0 Å². The molecule has 5 nitrogen and oxygen atoms in total. The number of piperidine rings is 1. The van der Waals surface area contributed by atoms with Crippen LogP contribution in [0.2, 0.25) is 0 Å². The number of hydrogen-bond donors (Lipinski definition) is 1. The maximum absolute atomic E-state index is 11.6. The lowest BCUT2D eigenvalue weighted by Crippen LogP contribution is -2.41. The average Bonchev–Trinajstić information content (AvgIpc) is 2.69. The van der Waals surface area contributed by atoms with Crippen molar-refractivity contribution < 1.29 is 19.4 Å². The molecule has 0 bridgehead atoms. The minimum atomic E-state index is -0.732. The lowest BCUT2D eigenvalue weighted by molar-refractivity contribution is -0.143. The molecule has 1 heterocycles. The highest BCUT2D eigenvalue weighted by atomic mass is 79.9. The van der Waals surface area contributed by atoms with Crippen molar-refractivity contribution in [2.75, 3.05) is 27.3 Å². The molecule has 1 fully saturated rings. The summed E-state index contributed by atoms with van der Waals surface area (Å²) in [5.74, 6) is 0.201. The molecule has 150 valence electrons. The molecule has 3 rings (SSSR count). The predicted octanol–water partition coefficient (Wildman–Crippen LogP) is 5.11. The van der Waals surface area contributed by atoms with Crippen molar-refractivity contribution in [2.45, 2.75) is 18.9 Å². The summed E-state index contributed by atoms with van der Waals surface area (Å²) < 4.78 is 12.8. The monoisotopic (exact) mass is 511 g/mol. The Bertz CT molecular complexity index is 858. The Morgan fingerprint density at radius 2 is 1.89 bits per heavy atom. The highest BCUT2D eigenvalue weighted by molar-refractivity contribution is 9.10. The number of carboxylic acid groups (broad SMARTS) is 1. The Morgan fingerprint density at radius 1 is 1.18 bits per heavy atom. The Balaban J connectivity index is 2.10. The fourth-order valence-corrected chi connectivity index (χ4v) is 4.74. The van der Waals surface area contributed by atoms with Crippen LogP contribution >= 0.6 is 31.9 Å². The number of methoxy groups -OCH3 is 2. The third-order valence-corrected chi connectivity index (χ3v) is 6.31. The normalized spacial score (nSPS) is 18.5. The molecule has 1 aliphatic rings. The summed E-state index contributed by atoms with van der Waals surface area (Å²) in [6.07, 6.45) is 1.57. The van der Waals surface area contributed by atoms with Crippen LogP contribution < -0.4 is 9.47 Å². The van der Waals surface area contributed by atoms with Crippen molar-refractivity contribution in [3.63, 3.8) is 0 Å². The zero-order chi connectivity index (χ0) is 20.3. The predicted molar refractivity (Wildman–Crippen MR) is 115 cm³/mol. The minimum absolute atomic E-state index is 0.103. The maximum Gasteiger partial charge on any atom is 0.307 e. The molecule has 1 aliphatic heterocycles. The van der Waals surface area contributed by atoms with Crippen molar-refractivity contribution in [3.05, 3.63) is 56.5 Å². The fraction of sp³-hybridized carbons (Fsp3) is 0.381. The molecule has 0 aromatic heterocycles. The van der Waals surface area contributed by atoms with E-state index in [1.54, 1.807) is 14.2 Å². The Labute approximate surface area is 181 Å². The molecule has 0 spiro atoms. The van der Waals surface area contributed by atoms with Crippen LogP contribution in [0.25, 0.3) is 0 Å². The summed E-state index contributed by atoms with van der Waals surface area (Å²) >= 11 is 7.25. The second-order valence-electron chi connectivity index (χ2n) is 6.86. The smallest absolute Gasteiger partial charge is 0.307 e. The topological polar surface area (TPSA) is 59.0 Å². The van der Waals surface area contributed by atoms with E-state index in [9.17, 15) is 9.90 Å². The summed E-state index contributed by atoms with van der Waals surface area (Å²) in [6.45, 7) is 1.34. The largest absolute Gasteiger partial charge is 0.493 e. The molecule has 2 atom stereocenters. The van der Waals surface area contributed by atoms with E-state index in [-0.39, 0.29) is 12.0 Å². The second-order valence-corrected chi connectivity index (χ2v) is 8.63. The second kappa shape index (κ2) is 9.29. The van der Waals surface area contributed by atoms with Gasteiger partial charge in [0.05, 0.1) is 26.2 Å². The molecule has 2 aromatic rings. The molecule has 1 saturated heterocycles. The molecule has 0 radical (unpaired) electrons. The van der Waals surface area contributed by atoms with Crippen molar-refractivity contribution in [1.82, 2.24) is 4.90 Å². The van der Waals surface area contributed by atoms with E-state index in [0.29, 0.717) is 24.5 Å². The molecule has 0 amide bonds. The third-order valence-electron chi connectivity index (χ3n) is 5.13. The molecule has 1 N–H and O–H groups in total. The Hall–Kier alpha value is -1.57. The van der Waals surface area contributed by atoms with Crippen LogP contribution in [0.15, 0.2) is 45.3 Å². The summed E-state index contributed by atoms with van der Waals surface area (Å²) in [5, 5.41) is 9.55. The molecule has 2 aromatic carbocycles. The molecule has 7 heteroatoms. The molecule has 2 unspecified atom stereocenters. The summed E-state index contributed by atoms with van der Waals surface area (Å²) in [7, 11) is 3.23. The maximum atomic E-state index is 11.6. The first-order chi connectivity index (χ1) is 13.4. The quantitative estimate of drug-likeness (QED) is 0.582. The van der Waals surface area contributed by atoms with Gasteiger partial charge in [-0.2, -0.15) is 0 Å².